The maximum Gasteiger partial charge on any atom is 0.341 e. The van der Waals surface area contributed by atoms with Crippen molar-refractivity contribution in [3.63, 3.8) is 0 Å². The Labute approximate surface area is 95.3 Å². The van der Waals surface area contributed by atoms with Crippen molar-refractivity contribution in [3.8, 4) is 0 Å². The molecule has 0 fully saturated rings. The maximum absolute atomic E-state index is 11.8. The first kappa shape index (κ1) is 11.1. The Morgan fingerprint density at radius 2 is 2.29 bits per heavy atom. The maximum atomic E-state index is 11.8. The second kappa shape index (κ2) is 4.20. The van der Waals surface area contributed by atoms with Gasteiger partial charge < -0.3 is 9.67 Å². The summed E-state index contributed by atoms with van der Waals surface area (Å²) in [7, 11) is 0. The number of hydrogen-bond donors (Lipinski definition) is 1. The van der Waals surface area contributed by atoms with Crippen molar-refractivity contribution in [2.24, 2.45) is 0 Å². The van der Waals surface area contributed by atoms with Crippen LogP contribution in [0.5, 0.6) is 0 Å². The Balaban J connectivity index is 2.41. The number of hydrogen-bond acceptors (Lipinski definition) is 5. The quantitative estimate of drug-likeness (QED) is 0.820. The van der Waals surface area contributed by atoms with E-state index in [2.05, 4.69) is 14.9 Å². The highest BCUT2D eigenvalue weighted by Gasteiger charge is 2.12. The van der Waals surface area contributed by atoms with Gasteiger partial charge in [0.15, 0.2) is 0 Å². The zero-order chi connectivity index (χ0) is 12.4. The normalized spacial score (nSPS) is 10.4. The van der Waals surface area contributed by atoms with Crippen LogP contribution < -0.4 is 5.56 Å². The van der Waals surface area contributed by atoms with Crippen LogP contribution in [0.4, 0.5) is 0 Å². The van der Waals surface area contributed by atoms with Crippen LogP contribution >= 0.6 is 0 Å². The van der Waals surface area contributed by atoms with Crippen LogP contribution in [-0.4, -0.2) is 26.0 Å². The number of aromatic nitrogens is 3. The third kappa shape index (κ3) is 2.07. The molecule has 7 nitrogen and oxygen atoms in total. The van der Waals surface area contributed by atoms with Crippen molar-refractivity contribution < 1.29 is 14.5 Å². The van der Waals surface area contributed by atoms with E-state index in [1.54, 1.807) is 6.92 Å². The molecule has 0 aliphatic heterocycles. The van der Waals surface area contributed by atoms with Gasteiger partial charge in [0.25, 0.3) is 5.56 Å². The molecule has 0 amide bonds. The molecule has 88 valence electrons. The van der Waals surface area contributed by atoms with Crippen LogP contribution in [0, 0.1) is 6.92 Å². The molecule has 0 atom stereocenters. The van der Waals surface area contributed by atoms with E-state index in [9.17, 15) is 9.59 Å². The van der Waals surface area contributed by atoms with Gasteiger partial charge in [-0.1, -0.05) is 10.3 Å². The van der Waals surface area contributed by atoms with Crippen molar-refractivity contribution in [1.29, 1.82) is 0 Å². The van der Waals surface area contributed by atoms with Gasteiger partial charge in [-0.25, -0.2) is 9.42 Å². The molecule has 1 N–H and O–H groups in total. The molecule has 7 heteroatoms. The minimum Gasteiger partial charge on any atom is -0.477 e. The lowest BCUT2D eigenvalue weighted by Gasteiger charge is -2.03. The lowest BCUT2D eigenvalue weighted by Crippen LogP contribution is -2.26. The first-order valence-corrected chi connectivity index (χ1v) is 4.80. The van der Waals surface area contributed by atoms with Crippen molar-refractivity contribution >= 4 is 5.97 Å². The standard InChI is InChI=1S/C10H9N3O4/c1-6-8(12-17-11-6)5-13-4-2-3-7(9(13)14)10(15)16/h2-4H,5H2,1H3,(H,15,16). The number of carboxylic acid groups (broad SMARTS) is 1. The SMILES string of the molecule is Cc1nonc1Cn1cccc(C(=O)O)c1=O. The first-order valence-electron chi connectivity index (χ1n) is 4.80. The van der Waals surface area contributed by atoms with Crippen molar-refractivity contribution in [3.05, 3.63) is 45.6 Å². The van der Waals surface area contributed by atoms with Gasteiger partial charge in [0, 0.05) is 6.20 Å². The number of aryl methyl sites for hydroxylation is 1. The summed E-state index contributed by atoms with van der Waals surface area (Å²) < 4.78 is 5.75. The monoisotopic (exact) mass is 235 g/mol. The fraction of sp³-hybridized carbons (Fsp3) is 0.200. The molecule has 0 aliphatic rings. The van der Waals surface area contributed by atoms with Crippen molar-refractivity contribution in [1.82, 2.24) is 14.9 Å². The third-order valence-corrected chi connectivity index (χ3v) is 2.32. The molecule has 2 aromatic heterocycles. The van der Waals surface area contributed by atoms with Crippen molar-refractivity contribution in [2.45, 2.75) is 13.5 Å². The van der Waals surface area contributed by atoms with E-state index in [1.165, 1.54) is 22.9 Å². The predicted octanol–water partition coefficient (Wildman–Crippen LogP) is 0.286. The third-order valence-electron chi connectivity index (χ3n) is 2.32. The number of pyridine rings is 1. The molecule has 0 aromatic carbocycles. The molecule has 2 rings (SSSR count). The minimum absolute atomic E-state index is 0.134. The van der Waals surface area contributed by atoms with Gasteiger partial charge in [0.05, 0.1) is 6.54 Å². The number of nitrogens with zero attached hydrogens (tertiary/aromatic N) is 3. The minimum atomic E-state index is -1.25. The van der Waals surface area contributed by atoms with Crippen LogP contribution in [-0.2, 0) is 6.54 Å². The summed E-state index contributed by atoms with van der Waals surface area (Å²) in [5.41, 5.74) is 0.205. The molecule has 17 heavy (non-hydrogen) atoms. The van der Waals surface area contributed by atoms with E-state index in [1.807, 2.05) is 0 Å². The van der Waals surface area contributed by atoms with E-state index < -0.39 is 11.5 Å². The van der Waals surface area contributed by atoms with E-state index in [0.29, 0.717) is 11.4 Å². The van der Waals surface area contributed by atoms with Gasteiger partial charge in [-0.15, -0.1) is 0 Å². The van der Waals surface area contributed by atoms with Crippen LogP contribution in [0.1, 0.15) is 21.7 Å². The van der Waals surface area contributed by atoms with Crippen LogP contribution in [0.3, 0.4) is 0 Å². The Bertz CT molecular complexity index is 614. The van der Waals surface area contributed by atoms with E-state index in [4.69, 9.17) is 5.11 Å². The molecule has 2 aromatic rings. The molecule has 0 unspecified atom stereocenters. The number of rotatable bonds is 3. The van der Waals surface area contributed by atoms with E-state index in [0.717, 1.165) is 0 Å². The predicted molar refractivity (Wildman–Crippen MR) is 55.8 cm³/mol. The Kier molecular flexibility index (Phi) is 2.73. The summed E-state index contributed by atoms with van der Waals surface area (Å²) in [5.74, 6) is -1.25. The average Bonchev–Trinajstić information content (AvgIpc) is 2.67. The molecule has 2 heterocycles. The summed E-state index contributed by atoms with van der Waals surface area (Å²) in [5, 5.41) is 16.0. The topological polar surface area (TPSA) is 98.2 Å². The zero-order valence-electron chi connectivity index (χ0n) is 8.95. The number of aromatic carboxylic acids is 1. The van der Waals surface area contributed by atoms with Crippen molar-refractivity contribution in [2.75, 3.05) is 0 Å². The molecule has 0 aliphatic carbocycles. The molecular formula is C10H9N3O4. The van der Waals surface area contributed by atoms with Gasteiger partial charge in [0.1, 0.15) is 17.0 Å². The Morgan fingerprint density at radius 1 is 1.53 bits per heavy atom. The van der Waals surface area contributed by atoms with Crippen LogP contribution in [0.15, 0.2) is 27.8 Å². The lowest BCUT2D eigenvalue weighted by molar-refractivity contribution is 0.0694. The molecule has 0 radical (unpaired) electrons. The number of carboxylic acids is 1. The first-order chi connectivity index (χ1) is 8.09. The number of carbonyl (C=O) groups is 1. The molecule has 0 saturated carbocycles. The molecule has 0 bridgehead atoms. The molecule has 0 spiro atoms. The van der Waals surface area contributed by atoms with E-state index >= 15 is 0 Å². The summed E-state index contributed by atoms with van der Waals surface area (Å²) in [6, 6.07) is 2.75. The van der Waals surface area contributed by atoms with Gasteiger partial charge >= 0.3 is 5.97 Å². The van der Waals surface area contributed by atoms with Crippen LogP contribution in [0.2, 0.25) is 0 Å². The largest absolute Gasteiger partial charge is 0.477 e. The second-order valence-corrected chi connectivity index (χ2v) is 3.46. The average molecular weight is 235 g/mol. The van der Waals surface area contributed by atoms with Crippen LogP contribution in [0.25, 0.3) is 0 Å². The van der Waals surface area contributed by atoms with Gasteiger partial charge in [-0.2, -0.15) is 0 Å². The highest BCUT2D eigenvalue weighted by molar-refractivity contribution is 5.86. The summed E-state index contributed by atoms with van der Waals surface area (Å²) >= 11 is 0. The summed E-state index contributed by atoms with van der Waals surface area (Å²) in [4.78, 5) is 22.5. The zero-order valence-corrected chi connectivity index (χ0v) is 8.95. The summed E-state index contributed by atoms with van der Waals surface area (Å²) in [6.07, 6.45) is 1.49. The molecular weight excluding hydrogens is 226 g/mol. The second-order valence-electron chi connectivity index (χ2n) is 3.46. The Hall–Kier alpha value is -2.44. The summed E-state index contributed by atoms with van der Waals surface area (Å²) in [6.45, 7) is 1.83. The molecule has 0 saturated heterocycles. The van der Waals surface area contributed by atoms with Gasteiger partial charge in [0.2, 0.25) is 0 Å². The van der Waals surface area contributed by atoms with Gasteiger partial charge in [-0.05, 0) is 19.1 Å². The fourth-order valence-electron chi connectivity index (χ4n) is 1.38. The smallest absolute Gasteiger partial charge is 0.341 e. The fourth-order valence-corrected chi connectivity index (χ4v) is 1.38. The van der Waals surface area contributed by atoms with E-state index in [-0.39, 0.29) is 12.1 Å². The highest BCUT2D eigenvalue weighted by atomic mass is 16.6. The highest BCUT2D eigenvalue weighted by Crippen LogP contribution is 2.02. The Morgan fingerprint density at radius 3 is 2.88 bits per heavy atom. The van der Waals surface area contributed by atoms with Gasteiger partial charge in [-0.3, -0.25) is 4.79 Å². The lowest BCUT2D eigenvalue weighted by atomic mass is 10.2.